The third-order valence-corrected chi connectivity index (χ3v) is 9.86. The number of amides is 2. The number of likely N-dealkylation sites (N-methyl/N-ethyl adjacent to an activating group) is 1. The van der Waals surface area contributed by atoms with E-state index >= 15 is 4.39 Å². The number of carbonyl (C=O) groups is 3. The van der Waals surface area contributed by atoms with Crippen LogP contribution >= 0.6 is 0 Å². The summed E-state index contributed by atoms with van der Waals surface area (Å²) in [4.78, 5) is 46.6. The molecule has 12 nitrogen and oxygen atoms in total. The van der Waals surface area contributed by atoms with Gasteiger partial charge >= 0.3 is 12.1 Å². The number of nitrogens with zero attached hydrogens (tertiary/aromatic N) is 6. The SMILES string of the molecule is C/C(=C\c1cc(F)cc(N2CCN(C(=O)Cn3cccn3)CC2)c1)[C@H]1OC(=O)C[C@H](O)CC[C@H](C)[C@@H](OC(=O)N2CCN(C)CC2)/C=C/[C@@H]1C. The molecule has 1 N–H and O–H groups in total. The molecule has 4 heterocycles. The van der Waals surface area contributed by atoms with Crippen molar-refractivity contribution in [3.8, 4) is 0 Å². The Bertz CT molecular complexity index is 1520. The van der Waals surface area contributed by atoms with Gasteiger partial charge in [-0.05, 0) is 74.2 Å². The fourth-order valence-electron chi connectivity index (χ4n) is 6.68. The zero-order valence-electron chi connectivity index (χ0n) is 29.6. The van der Waals surface area contributed by atoms with E-state index in [0.29, 0.717) is 68.9 Å². The molecule has 0 saturated carbocycles. The molecule has 0 aliphatic carbocycles. The first kappa shape index (κ1) is 37.0. The van der Waals surface area contributed by atoms with Gasteiger partial charge in [-0.1, -0.05) is 26.0 Å². The van der Waals surface area contributed by atoms with Crippen molar-refractivity contribution in [1.82, 2.24) is 24.5 Å². The lowest BCUT2D eigenvalue weighted by molar-refractivity contribution is -0.151. The number of aliphatic hydroxyl groups is 1. The van der Waals surface area contributed by atoms with Gasteiger partial charge in [-0.15, -0.1) is 0 Å². The Morgan fingerprint density at radius 1 is 1.02 bits per heavy atom. The number of aromatic nitrogens is 2. The van der Waals surface area contributed by atoms with Crippen molar-refractivity contribution in [1.29, 1.82) is 0 Å². The molecule has 0 bridgehead atoms. The molecule has 272 valence electrons. The Morgan fingerprint density at radius 3 is 2.44 bits per heavy atom. The van der Waals surface area contributed by atoms with Crippen LogP contribution in [0.25, 0.3) is 6.08 Å². The zero-order valence-corrected chi connectivity index (χ0v) is 29.6. The Hall–Kier alpha value is -4.23. The van der Waals surface area contributed by atoms with Crippen molar-refractivity contribution in [3.63, 3.8) is 0 Å². The Balaban J connectivity index is 1.30. The highest BCUT2D eigenvalue weighted by Crippen LogP contribution is 2.28. The van der Waals surface area contributed by atoms with Gasteiger partial charge in [0.15, 0.2) is 0 Å². The number of hydrogen-bond donors (Lipinski definition) is 1. The zero-order chi connectivity index (χ0) is 35.8. The largest absolute Gasteiger partial charge is 0.457 e. The monoisotopic (exact) mass is 694 g/mol. The Kier molecular flexibility index (Phi) is 12.7. The molecule has 3 aliphatic heterocycles. The second-order valence-corrected chi connectivity index (χ2v) is 13.9. The molecule has 2 fully saturated rings. The third-order valence-electron chi connectivity index (χ3n) is 9.86. The molecule has 50 heavy (non-hydrogen) atoms. The highest BCUT2D eigenvalue weighted by molar-refractivity contribution is 5.76. The van der Waals surface area contributed by atoms with Crippen molar-refractivity contribution >= 4 is 29.7 Å². The number of anilines is 1. The van der Waals surface area contributed by atoms with E-state index in [9.17, 15) is 19.5 Å². The molecular weight excluding hydrogens is 643 g/mol. The summed E-state index contributed by atoms with van der Waals surface area (Å²) in [6.45, 7) is 10.8. The third kappa shape index (κ3) is 10.2. The number of benzene rings is 1. The molecule has 1 aromatic heterocycles. The lowest BCUT2D eigenvalue weighted by Crippen LogP contribution is -2.49. The quantitative estimate of drug-likeness (QED) is 0.356. The Labute approximate surface area is 294 Å². The number of esters is 1. The molecule has 2 amide bonds. The number of halogens is 1. The van der Waals surface area contributed by atoms with E-state index in [4.69, 9.17) is 9.47 Å². The van der Waals surface area contributed by atoms with E-state index in [1.165, 1.54) is 12.1 Å². The number of aliphatic hydroxyl groups excluding tert-OH is 1. The van der Waals surface area contributed by atoms with Gasteiger partial charge in [0, 0.05) is 76.4 Å². The van der Waals surface area contributed by atoms with Crippen LogP contribution in [0.1, 0.15) is 45.6 Å². The number of piperazine rings is 2. The van der Waals surface area contributed by atoms with Gasteiger partial charge in [-0.25, -0.2) is 9.18 Å². The van der Waals surface area contributed by atoms with Crippen molar-refractivity contribution < 1.29 is 33.4 Å². The Morgan fingerprint density at radius 2 is 1.74 bits per heavy atom. The second-order valence-electron chi connectivity index (χ2n) is 13.9. The molecule has 0 spiro atoms. The van der Waals surface area contributed by atoms with Gasteiger partial charge < -0.3 is 34.2 Å². The van der Waals surface area contributed by atoms with Crippen LogP contribution in [0.5, 0.6) is 0 Å². The fraction of sp³-hybridized carbons (Fsp3) is 0.568. The van der Waals surface area contributed by atoms with Crippen molar-refractivity contribution in [2.75, 3.05) is 64.3 Å². The number of carbonyl (C=O) groups excluding carboxylic acids is 3. The van der Waals surface area contributed by atoms with Crippen LogP contribution in [-0.2, 0) is 25.6 Å². The summed E-state index contributed by atoms with van der Waals surface area (Å²) in [5.41, 5.74) is 2.02. The van der Waals surface area contributed by atoms with E-state index in [0.717, 1.165) is 13.1 Å². The minimum Gasteiger partial charge on any atom is -0.457 e. The topological polar surface area (TPSA) is 121 Å². The second kappa shape index (κ2) is 17.1. The molecule has 3 aliphatic rings. The van der Waals surface area contributed by atoms with Crippen LogP contribution in [0.2, 0.25) is 0 Å². The number of ether oxygens (including phenoxy) is 2. The first-order valence-electron chi connectivity index (χ1n) is 17.6. The van der Waals surface area contributed by atoms with E-state index in [2.05, 4.69) is 14.9 Å². The standard InChI is InChI=1S/C37H51FN6O6/c1-26-6-8-32(45)24-35(47)50-36(27(2)7-9-33(26)49-37(48)43-14-12-40(4)13-15-43)28(3)20-29-21-30(38)23-31(22-29)41-16-18-42(19-17-41)34(46)25-44-11-5-10-39-44/h5,7,9-11,20-23,26-27,32-33,36,45H,6,8,12-19,24-25H2,1-4H3/b9-7+,28-20+/t26-,27-,32+,33-,36-/m0/s1. The minimum absolute atomic E-state index is 0.0110. The van der Waals surface area contributed by atoms with Crippen molar-refractivity contribution in [2.45, 2.75) is 64.9 Å². The normalized spacial score (nSPS) is 26.8. The van der Waals surface area contributed by atoms with Gasteiger partial charge in [0.2, 0.25) is 5.91 Å². The maximum atomic E-state index is 15.0. The van der Waals surface area contributed by atoms with Gasteiger partial charge in [0.25, 0.3) is 0 Å². The van der Waals surface area contributed by atoms with E-state index in [1.54, 1.807) is 32.9 Å². The molecule has 2 aromatic rings. The minimum atomic E-state index is -0.894. The van der Waals surface area contributed by atoms with Crippen LogP contribution < -0.4 is 4.90 Å². The summed E-state index contributed by atoms with van der Waals surface area (Å²) in [6, 6.07) is 6.60. The van der Waals surface area contributed by atoms with E-state index in [1.807, 2.05) is 52.1 Å². The molecule has 0 unspecified atom stereocenters. The molecular formula is C37H51FN6O6. The number of cyclic esters (lactones) is 1. The number of rotatable bonds is 6. The van der Waals surface area contributed by atoms with Crippen molar-refractivity contribution in [2.24, 2.45) is 11.8 Å². The van der Waals surface area contributed by atoms with Gasteiger partial charge in [0.1, 0.15) is 24.6 Å². The molecule has 1 aromatic carbocycles. The first-order chi connectivity index (χ1) is 23.9. The van der Waals surface area contributed by atoms with Gasteiger partial charge in [-0.2, -0.15) is 5.10 Å². The summed E-state index contributed by atoms with van der Waals surface area (Å²) >= 11 is 0. The maximum Gasteiger partial charge on any atom is 0.410 e. The average Bonchev–Trinajstić information content (AvgIpc) is 3.60. The number of hydrogen-bond acceptors (Lipinski definition) is 9. The summed E-state index contributed by atoms with van der Waals surface area (Å²) in [5, 5.41) is 14.8. The maximum absolute atomic E-state index is 15.0. The molecule has 0 radical (unpaired) electrons. The molecule has 5 atom stereocenters. The van der Waals surface area contributed by atoms with Gasteiger partial charge in [-0.3, -0.25) is 14.3 Å². The van der Waals surface area contributed by atoms with Crippen LogP contribution in [0.15, 0.2) is 54.4 Å². The fourth-order valence-corrected chi connectivity index (χ4v) is 6.68. The van der Waals surface area contributed by atoms with Gasteiger partial charge in [0.05, 0.1) is 12.5 Å². The summed E-state index contributed by atoms with van der Waals surface area (Å²) < 4.78 is 28.6. The summed E-state index contributed by atoms with van der Waals surface area (Å²) in [6.07, 6.45) is 7.28. The highest BCUT2D eigenvalue weighted by Gasteiger charge is 2.29. The van der Waals surface area contributed by atoms with Crippen LogP contribution in [0.3, 0.4) is 0 Å². The molecule has 13 heteroatoms. The average molecular weight is 695 g/mol. The van der Waals surface area contributed by atoms with Crippen molar-refractivity contribution in [3.05, 3.63) is 65.8 Å². The molecule has 2 saturated heterocycles. The lowest BCUT2D eigenvalue weighted by Gasteiger charge is -2.36. The van der Waals surface area contributed by atoms with Crippen LogP contribution in [0, 0.1) is 17.7 Å². The predicted octanol–water partition coefficient (Wildman–Crippen LogP) is 3.81. The molecule has 5 rings (SSSR count). The first-order valence-corrected chi connectivity index (χ1v) is 17.6. The van der Waals surface area contributed by atoms with E-state index in [-0.39, 0.29) is 36.8 Å². The van der Waals surface area contributed by atoms with E-state index < -0.39 is 30.1 Å². The lowest BCUT2D eigenvalue weighted by atomic mass is 9.91. The highest BCUT2D eigenvalue weighted by atomic mass is 19.1. The predicted molar refractivity (Wildman–Crippen MR) is 188 cm³/mol. The van der Waals surface area contributed by atoms with Crippen LogP contribution in [0.4, 0.5) is 14.9 Å². The summed E-state index contributed by atoms with van der Waals surface area (Å²) in [7, 11) is 2.03. The summed E-state index contributed by atoms with van der Waals surface area (Å²) in [5.74, 6) is -1.32. The van der Waals surface area contributed by atoms with Crippen LogP contribution in [-0.4, -0.2) is 125 Å². The smallest absolute Gasteiger partial charge is 0.410 e.